The molecule has 0 fully saturated rings. The molecule has 0 amide bonds. The lowest BCUT2D eigenvalue weighted by molar-refractivity contribution is 1.01. The van der Waals surface area contributed by atoms with Gasteiger partial charge in [-0.15, -0.1) is 0 Å². The maximum Gasteiger partial charge on any atom is 0.235 e. The van der Waals surface area contributed by atoms with Gasteiger partial charge < -0.3 is 4.57 Å². The molecule has 3 heterocycles. The van der Waals surface area contributed by atoms with Gasteiger partial charge in [0.15, 0.2) is 0 Å². The van der Waals surface area contributed by atoms with Gasteiger partial charge in [0.2, 0.25) is 5.95 Å². The first-order chi connectivity index (χ1) is 29.8. The molecule has 0 bridgehead atoms. The summed E-state index contributed by atoms with van der Waals surface area (Å²) in [6.07, 6.45) is 0. The van der Waals surface area contributed by atoms with Crippen LogP contribution in [-0.2, 0) is 0 Å². The Morgan fingerprint density at radius 2 is 0.867 bits per heavy atom. The van der Waals surface area contributed by atoms with Crippen LogP contribution < -0.4 is 0 Å². The van der Waals surface area contributed by atoms with Crippen LogP contribution in [0.25, 0.3) is 132 Å². The molecular formula is C56H32N4. The van der Waals surface area contributed by atoms with Crippen LogP contribution >= 0.6 is 0 Å². The Morgan fingerprint density at radius 1 is 0.300 bits per heavy atom. The number of para-hydroxylation sites is 3. The Morgan fingerprint density at radius 3 is 1.68 bits per heavy atom. The van der Waals surface area contributed by atoms with Gasteiger partial charge in [-0.3, -0.25) is 4.57 Å². The van der Waals surface area contributed by atoms with E-state index < -0.39 is 0 Å². The van der Waals surface area contributed by atoms with E-state index in [0.717, 1.165) is 49.7 Å². The first kappa shape index (κ1) is 31.9. The molecule has 4 nitrogen and oxygen atoms in total. The molecule has 1 aliphatic rings. The van der Waals surface area contributed by atoms with Crippen molar-refractivity contribution in [3.63, 3.8) is 0 Å². The molecule has 14 rings (SSSR count). The Bertz CT molecular complexity index is 3990. The summed E-state index contributed by atoms with van der Waals surface area (Å²) < 4.78 is 4.81. The fraction of sp³-hybridized carbons (Fsp3) is 0. The summed E-state index contributed by atoms with van der Waals surface area (Å²) in [5.74, 6) is 0.649. The van der Waals surface area contributed by atoms with Crippen molar-refractivity contribution in [2.75, 3.05) is 0 Å². The highest BCUT2D eigenvalue weighted by Gasteiger charge is 2.26. The van der Waals surface area contributed by atoms with Crippen LogP contribution in [0.3, 0.4) is 0 Å². The number of benzene rings is 10. The van der Waals surface area contributed by atoms with Gasteiger partial charge in [0.05, 0.1) is 39.0 Å². The molecule has 10 aromatic carbocycles. The highest BCUT2D eigenvalue weighted by molar-refractivity contribution is 6.23. The summed E-state index contributed by atoms with van der Waals surface area (Å²) in [5, 5.41) is 13.1. The zero-order valence-electron chi connectivity index (χ0n) is 32.3. The Labute approximate surface area is 343 Å². The molecule has 60 heavy (non-hydrogen) atoms. The van der Waals surface area contributed by atoms with Crippen molar-refractivity contribution in [1.82, 2.24) is 19.1 Å². The standard InChI is InChI=1S/C56H32N4/c1-2-15-34-31-50-46(30-33(34)14-1)39-20-8-11-26-48(39)59(50)55-36-17-4-3-16-35(36)32-51-53(55)45-22-9-12-27-49(45)60(51)56-57-47-25-10-7-21-44(47)54(58-56)43-29-28-42-38-19-6-5-18-37(38)40-23-13-24-41(43)52(40)42/h1-32H. The second-order valence-electron chi connectivity index (χ2n) is 16.1. The fourth-order valence-electron chi connectivity index (χ4n) is 10.5. The molecule has 276 valence electrons. The van der Waals surface area contributed by atoms with Crippen molar-refractivity contribution in [2.24, 2.45) is 0 Å². The van der Waals surface area contributed by atoms with E-state index in [0.29, 0.717) is 5.95 Å². The molecule has 0 unspecified atom stereocenters. The summed E-state index contributed by atoms with van der Waals surface area (Å²) in [7, 11) is 0. The second kappa shape index (κ2) is 11.8. The first-order valence-electron chi connectivity index (χ1n) is 20.6. The Hall–Kier alpha value is -8.08. The average Bonchev–Trinajstić information content (AvgIpc) is 3.93. The Kier molecular flexibility index (Phi) is 6.26. The van der Waals surface area contributed by atoms with E-state index in [-0.39, 0.29) is 0 Å². The predicted molar refractivity (Wildman–Crippen MR) is 251 cm³/mol. The SMILES string of the molecule is c1ccc2c(c1)-c1cccc3c(-c4nc(-n5c6ccccc6c6c(-n7c8ccccc8c8cc9ccccc9cc87)c7ccccc7cc65)nc5ccccc45)ccc-2c13. The van der Waals surface area contributed by atoms with E-state index in [4.69, 9.17) is 9.97 Å². The van der Waals surface area contributed by atoms with E-state index in [1.165, 1.54) is 76.4 Å². The van der Waals surface area contributed by atoms with Crippen LogP contribution in [0.2, 0.25) is 0 Å². The van der Waals surface area contributed by atoms with Crippen molar-refractivity contribution in [3.8, 4) is 45.1 Å². The van der Waals surface area contributed by atoms with Crippen molar-refractivity contribution in [3.05, 3.63) is 194 Å². The molecule has 4 heteroatoms. The second-order valence-corrected chi connectivity index (χ2v) is 16.1. The lowest BCUT2D eigenvalue weighted by Gasteiger charge is -2.16. The third-order valence-corrected chi connectivity index (χ3v) is 13.0. The van der Waals surface area contributed by atoms with Gasteiger partial charge in [-0.1, -0.05) is 158 Å². The largest absolute Gasteiger partial charge is 0.308 e. The lowest BCUT2D eigenvalue weighted by Crippen LogP contribution is -2.04. The van der Waals surface area contributed by atoms with Crippen LogP contribution in [0, 0.1) is 0 Å². The summed E-state index contributed by atoms with van der Waals surface area (Å²) in [6.45, 7) is 0. The zero-order chi connectivity index (χ0) is 39.1. The molecule has 0 saturated carbocycles. The van der Waals surface area contributed by atoms with Gasteiger partial charge in [-0.2, -0.15) is 0 Å². The van der Waals surface area contributed by atoms with Gasteiger partial charge in [-0.05, 0) is 85.6 Å². The number of nitrogens with zero attached hydrogens (tertiary/aromatic N) is 4. The van der Waals surface area contributed by atoms with Gasteiger partial charge in [0.1, 0.15) is 0 Å². The van der Waals surface area contributed by atoms with E-state index >= 15 is 0 Å². The molecule has 0 radical (unpaired) electrons. The van der Waals surface area contributed by atoms with Gasteiger partial charge in [-0.25, -0.2) is 9.97 Å². The first-order valence-corrected chi connectivity index (χ1v) is 20.6. The van der Waals surface area contributed by atoms with Crippen LogP contribution in [0.4, 0.5) is 0 Å². The lowest BCUT2D eigenvalue weighted by atomic mass is 9.95. The summed E-state index contributed by atoms with van der Waals surface area (Å²) >= 11 is 0. The maximum absolute atomic E-state index is 5.64. The molecule has 0 spiro atoms. The monoisotopic (exact) mass is 760 g/mol. The summed E-state index contributed by atoms with van der Waals surface area (Å²) in [5.41, 5.74) is 13.7. The molecule has 0 saturated heterocycles. The minimum Gasteiger partial charge on any atom is -0.308 e. The number of aromatic nitrogens is 4. The summed E-state index contributed by atoms with van der Waals surface area (Å²) in [6, 6.07) is 70.7. The highest BCUT2D eigenvalue weighted by Crippen LogP contribution is 2.50. The third-order valence-electron chi connectivity index (χ3n) is 13.0. The quantitative estimate of drug-likeness (QED) is 0.180. The van der Waals surface area contributed by atoms with E-state index in [2.05, 4.69) is 203 Å². The van der Waals surface area contributed by atoms with Crippen molar-refractivity contribution < 1.29 is 0 Å². The number of fused-ring (bicyclic) bond motifs is 12. The van der Waals surface area contributed by atoms with Crippen LogP contribution in [-0.4, -0.2) is 19.1 Å². The van der Waals surface area contributed by atoms with Crippen molar-refractivity contribution in [2.45, 2.75) is 0 Å². The van der Waals surface area contributed by atoms with Crippen molar-refractivity contribution in [1.29, 1.82) is 0 Å². The summed E-state index contributed by atoms with van der Waals surface area (Å²) in [4.78, 5) is 11.1. The number of rotatable bonds is 3. The maximum atomic E-state index is 5.64. The number of hydrogen-bond donors (Lipinski definition) is 0. The topological polar surface area (TPSA) is 35.6 Å². The van der Waals surface area contributed by atoms with Gasteiger partial charge in [0.25, 0.3) is 0 Å². The normalized spacial score (nSPS) is 12.3. The zero-order valence-corrected chi connectivity index (χ0v) is 32.3. The molecule has 0 aliphatic heterocycles. The van der Waals surface area contributed by atoms with Crippen LogP contribution in [0.5, 0.6) is 0 Å². The molecule has 0 N–H and O–H groups in total. The average molecular weight is 761 g/mol. The third kappa shape index (κ3) is 4.19. The molecular weight excluding hydrogens is 729 g/mol. The fourth-order valence-corrected chi connectivity index (χ4v) is 10.5. The van der Waals surface area contributed by atoms with Gasteiger partial charge in [0, 0.05) is 37.9 Å². The molecule has 3 aromatic heterocycles. The van der Waals surface area contributed by atoms with E-state index in [1.54, 1.807) is 0 Å². The van der Waals surface area contributed by atoms with Crippen LogP contribution in [0.15, 0.2) is 194 Å². The molecule has 0 atom stereocenters. The molecule has 1 aliphatic carbocycles. The highest BCUT2D eigenvalue weighted by atomic mass is 15.2. The van der Waals surface area contributed by atoms with Crippen LogP contribution in [0.1, 0.15) is 0 Å². The number of hydrogen-bond acceptors (Lipinski definition) is 2. The van der Waals surface area contributed by atoms with E-state index in [1.807, 2.05) is 0 Å². The Balaban J connectivity index is 1.12. The smallest absolute Gasteiger partial charge is 0.235 e. The van der Waals surface area contributed by atoms with Gasteiger partial charge >= 0.3 is 0 Å². The van der Waals surface area contributed by atoms with Crippen molar-refractivity contribution >= 4 is 86.8 Å². The van der Waals surface area contributed by atoms with E-state index in [9.17, 15) is 0 Å². The molecule has 13 aromatic rings. The predicted octanol–water partition coefficient (Wildman–Crippen LogP) is 14.6. The minimum atomic E-state index is 0.649. The minimum absolute atomic E-state index is 0.649.